The largest absolute Gasteiger partial charge is 0.461 e. The van der Waals surface area contributed by atoms with E-state index in [0.717, 1.165) is 12.8 Å². The van der Waals surface area contributed by atoms with E-state index in [0.29, 0.717) is 13.1 Å². The maximum absolute atomic E-state index is 12.1. The molecule has 1 N–H and O–H groups in total. The summed E-state index contributed by atoms with van der Waals surface area (Å²) in [5.41, 5.74) is -0.0189. The van der Waals surface area contributed by atoms with Gasteiger partial charge in [-0.2, -0.15) is 9.40 Å². The SMILES string of the molecule is CCOC(=O)c1cc(S(=O)(=O)N2CCCC2)[nH]n1. The first-order valence-corrected chi connectivity index (χ1v) is 7.22. The van der Waals surface area contributed by atoms with Gasteiger partial charge in [-0.1, -0.05) is 0 Å². The maximum atomic E-state index is 12.1. The monoisotopic (exact) mass is 273 g/mol. The highest BCUT2D eigenvalue weighted by atomic mass is 32.2. The second kappa shape index (κ2) is 5.07. The lowest BCUT2D eigenvalue weighted by molar-refractivity contribution is 0.0519. The lowest BCUT2D eigenvalue weighted by atomic mass is 10.4. The highest BCUT2D eigenvalue weighted by Gasteiger charge is 2.29. The molecule has 0 saturated carbocycles. The first-order valence-electron chi connectivity index (χ1n) is 5.78. The highest BCUT2D eigenvalue weighted by molar-refractivity contribution is 7.89. The molecule has 7 nitrogen and oxygen atoms in total. The van der Waals surface area contributed by atoms with Crippen LogP contribution in [-0.4, -0.2) is 48.6 Å². The summed E-state index contributed by atoms with van der Waals surface area (Å²) >= 11 is 0. The van der Waals surface area contributed by atoms with Gasteiger partial charge in [0.25, 0.3) is 10.0 Å². The van der Waals surface area contributed by atoms with Crippen molar-refractivity contribution in [2.24, 2.45) is 0 Å². The molecule has 1 aromatic rings. The molecule has 0 spiro atoms. The standard InChI is InChI=1S/C10H15N3O4S/c1-2-17-10(14)8-7-9(12-11-8)18(15,16)13-5-3-4-6-13/h7H,2-6H2,1H3,(H,11,12). The predicted molar refractivity (Wildman–Crippen MR) is 62.5 cm³/mol. The Balaban J connectivity index is 2.21. The molecule has 2 heterocycles. The fourth-order valence-electron chi connectivity index (χ4n) is 1.81. The maximum Gasteiger partial charge on any atom is 0.358 e. The van der Waals surface area contributed by atoms with Crippen molar-refractivity contribution >= 4 is 16.0 Å². The second-order valence-corrected chi connectivity index (χ2v) is 5.86. The summed E-state index contributed by atoms with van der Waals surface area (Å²) in [6, 6.07) is 1.21. The third-order valence-corrected chi connectivity index (χ3v) is 4.53. The number of rotatable bonds is 4. The van der Waals surface area contributed by atoms with E-state index in [9.17, 15) is 13.2 Å². The Morgan fingerprint density at radius 3 is 2.78 bits per heavy atom. The molecule has 2 rings (SSSR count). The van der Waals surface area contributed by atoms with E-state index in [-0.39, 0.29) is 17.3 Å². The Kier molecular flexibility index (Phi) is 3.67. The average Bonchev–Trinajstić information content (AvgIpc) is 3.01. The number of carbonyl (C=O) groups is 1. The normalized spacial score (nSPS) is 16.9. The van der Waals surface area contributed by atoms with Crippen LogP contribution in [0.15, 0.2) is 11.1 Å². The Hall–Kier alpha value is -1.41. The van der Waals surface area contributed by atoms with Crippen LogP contribution < -0.4 is 0 Å². The van der Waals surface area contributed by atoms with Crippen molar-refractivity contribution in [2.45, 2.75) is 24.8 Å². The molecule has 1 aliphatic heterocycles. The third kappa shape index (κ3) is 2.39. The summed E-state index contributed by atoms with van der Waals surface area (Å²) in [7, 11) is -3.56. The van der Waals surface area contributed by atoms with Crippen LogP contribution in [0.1, 0.15) is 30.3 Å². The smallest absolute Gasteiger partial charge is 0.358 e. The number of carbonyl (C=O) groups excluding carboxylic acids is 1. The van der Waals surface area contributed by atoms with Gasteiger partial charge >= 0.3 is 5.97 Å². The molecule has 1 fully saturated rings. The second-order valence-electron chi connectivity index (χ2n) is 3.95. The van der Waals surface area contributed by atoms with Crippen molar-refractivity contribution in [2.75, 3.05) is 19.7 Å². The summed E-state index contributed by atoms with van der Waals surface area (Å²) in [5.74, 6) is -0.628. The molecule has 1 aliphatic rings. The average molecular weight is 273 g/mol. The van der Waals surface area contributed by atoms with E-state index in [4.69, 9.17) is 4.74 Å². The molecule has 100 valence electrons. The summed E-state index contributed by atoms with van der Waals surface area (Å²) in [6.45, 7) is 2.92. The number of hydrogen-bond acceptors (Lipinski definition) is 5. The number of nitrogens with one attached hydrogen (secondary N) is 1. The van der Waals surface area contributed by atoms with Crippen molar-refractivity contribution in [1.82, 2.24) is 14.5 Å². The van der Waals surface area contributed by atoms with Crippen LogP contribution in [0.5, 0.6) is 0 Å². The summed E-state index contributed by atoms with van der Waals surface area (Å²) < 4.78 is 30.4. The Bertz CT molecular complexity index is 531. The minimum atomic E-state index is -3.56. The van der Waals surface area contributed by atoms with E-state index < -0.39 is 16.0 Å². The molecule has 0 bridgehead atoms. The highest BCUT2D eigenvalue weighted by Crippen LogP contribution is 2.19. The van der Waals surface area contributed by atoms with Crippen LogP contribution in [0, 0.1) is 0 Å². The van der Waals surface area contributed by atoms with Gasteiger partial charge in [-0.3, -0.25) is 5.10 Å². The Morgan fingerprint density at radius 1 is 1.50 bits per heavy atom. The first-order chi connectivity index (χ1) is 8.55. The van der Waals surface area contributed by atoms with E-state index in [1.165, 1.54) is 10.4 Å². The van der Waals surface area contributed by atoms with E-state index >= 15 is 0 Å². The van der Waals surface area contributed by atoms with Crippen LogP contribution in [0.2, 0.25) is 0 Å². The van der Waals surface area contributed by atoms with E-state index in [2.05, 4.69) is 10.2 Å². The number of esters is 1. The minimum absolute atomic E-state index is 0.0189. The topological polar surface area (TPSA) is 92.4 Å². The van der Waals surface area contributed by atoms with Crippen LogP contribution in [0.4, 0.5) is 0 Å². The molecule has 0 atom stereocenters. The molecule has 0 amide bonds. The molecule has 0 aromatic carbocycles. The number of H-pyrrole nitrogens is 1. The molecule has 0 radical (unpaired) electrons. The summed E-state index contributed by atoms with van der Waals surface area (Å²) in [6.07, 6.45) is 1.72. The third-order valence-electron chi connectivity index (χ3n) is 2.72. The summed E-state index contributed by atoms with van der Waals surface area (Å²) in [4.78, 5) is 11.4. The minimum Gasteiger partial charge on any atom is -0.461 e. The van der Waals surface area contributed by atoms with Gasteiger partial charge < -0.3 is 4.74 Å². The molecule has 0 aliphatic carbocycles. The van der Waals surface area contributed by atoms with Gasteiger partial charge in [-0.05, 0) is 19.8 Å². The Labute approximate surface area is 105 Å². The number of ether oxygens (including phenoxy) is 1. The van der Waals surface area contributed by atoms with Gasteiger partial charge in [0.15, 0.2) is 10.7 Å². The lowest BCUT2D eigenvalue weighted by Crippen LogP contribution is -2.28. The molecular formula is C10H15N3O4S. The van der Waals surface area contributed by atoms with Crippen LogP contribution in [-0.2, 0) is 14.8 Å². The lowest BCUT2D eigenvalue weighted by Gasteiger charge is -2.12. The van der Waals surface area contributed by atoms with Crippen LogP contribution >= 0.6 is 0 Å². The van der Waals surface area contributed by atoms with Crippen molar-refractivity contribution in [3.8, 4) is 0 Å². The number of aromatic nitrogens is 2. The van der Waals surface area contributed by atoms with Gasteiger partial charge in [0.2, 0.25) is 0 Å². The number of sulfonamides is 1. The van der Waals surface area contributed by atoms with Crippen molar-refractivity contribution in [3.63, 3.8) is 0 Å². The summed E-state index contributed by atoms with van der Waals surface area (Å²) in [5, 5.41) is 5.99. The molecule has 1 aromatic heterocycles. The predicted octanol–water partition coefficient (Wildman–Crippen LogP) is 0.371. The van der Waals surface area contributed by atoms with E-state index in [1.807, 2.05) is 0 Å². The number of aromatic amines is 1. The van der Waals surface area contributed by atoms with Gasteiger partial charge in [0.1, 0.15) is 0 Å². The van der Waals surface area contributed by atoms with Crippen molar-refractivity contribution in [3.05, 3.63) is 11.8 Å². The molecule has 8 heteroatoms. The van der Waals surface area contributed by atoms with Gasteiger partial charge in [-0.25, -0.2) is 13.2 Å². The van der Waals surface area contributed by atoms with Crippen molar-refractivity contribution in [1.29, 1.82) is 0 Å². The zero-order valence-corrected chi connectivity index (χ0v) is 10.9. The van der Waals surface area contributed by atoms with Gasteiger partial charge in [0, 0.05) is 19.2 Å². The number of hydrogen-bond donors (Lipinski definition) is 1. The fraction of sp³-hybridized carbons (Fsp3) is 0.600. The molecule has 18 heavy (non-hydrogen) atoms. The zero-order chi connectivity index (χ0) is 13.2. The van der Waals surface area contributed by atoms with Gasteiger partial charge in [-0.15, -0.1) is 0 Å². The van der Waals surface area contributed by atoms with Gasteiger partial charge in [0.05, 0.1) is 6.61 Å². The number of nitrogens with zero attached hydrogens (tertiary/aromatic N) is 2. The van der Waals surface area contributed by atoms with Crippen LogP contribution in [0.3, 0.4) is 0 Å². The van der Waals surface area contributed by atoms with Crippen LogP contribution in [0.25, 0.3) is 0 Å². The quantitative estimate of drug-likeness (QED) is 0.800. The fourth-order valence-corrected chi connectivity index (χ4v) is 3.25. The zero-order valence-electron chi connectivity index (χ0n) is 10.0. The van der Waals surface area contributed by atoms with Crippen molar-refractivity contribution < 1.29 is 17.9 Å². The molecule has 1 saturated heterocycles. The first kappa shape index (κ1) is 13.0. The Morgan fingerprint density at radius 2 is 2.17 bits per heavy atom. The molecular weight excluding hydrogens is 258 g/mol. The molecule has 0 unspecified atom stereocenters. The van der Waals surface area contributed by atoms with E-state index in [1.54, 1.807) is 6.92 Å².